The molecule has 0 bridgehead atoms. The number of nitrogens with two attached hydrogens (primary N) is 2. The van der Waals surface area contributed by atoms with Crippen molar-refractivity contribution in [2.24, 2.45) is 0 Å². The van der Waals surface area contributed by atoms with Gasteiger partial charge in [-0.2, -0.15) is 10.1 Å². The van der Waals surface area contributed by atoms with Crippen LogP contribution in [-0.4, -0.2) is 24.7 Å². The van der Waals surface area contributed by atoms with Crippen LogP contribution in [0.2, 0.25) is 0 Å². The van der Waals surface area contributed by atoms with Gasteiger partial charge in [-0.1, -0.05) is 31.2 Å². The zero-order chi connectivity index (χ0) is 20.0. The molecule has 0 spiro atoms. The number of nitrogens with zero attached hydrogens (tertiary/aromatic N) is 5. The Bertz CT molecular complexity index is 1330. The van der Waals surface area contributed by atoms with Gasteiger partial charge >= 0.3 is 0 Å². The van der Waals surface area contributed by atoms with E-state index in [9.17, 15) is 0 Å². The SMILES string of the molecule is CCc1ccc(Cn2nc(-c3ccc4oc(N)nc4c3)c3c(N)ncnc32)cc1. The Labute approximate surface area is 166 Å². The average Bonchev–Trinajstić information content (AvgIpc) is 3.28. The molecule has 0 aliphatic rings. The van der Waals surface area contributed by atoms with Crippen LogP contribution in [0.4, 0.5) is 11.8 Å². The van der Waals surface area contributed by atoms with E-state index in [2.05, 4.69) is 46.1 Å². The summed E-state index contributed by atoms with van der Waals surface area (Å²) in [6.45, 7) is 2.72. The van der Waals surface area contributed by atoms with Gasteiger partial charge in [-0.15, -0.1) is 0 Å². The Balaban J connectivity index is 1.64. The van der Waals surface area contributed by atoms with Crippen LogP contribution in [0.15, 0.2) is 53.2 Å². The van der Waals surface area contributed by atoms with E-state index in [4.69, 9.17) is 21.0 Å². The fraction of sp³-hybridized carbons (Fsp3) is 0.143. The maximum atomic E-state index is 6.20. The zero-order valence-electron chi connectivity index (χ0n) is 15.8. The van der Waals surface area contributed by atoms with Crippen LogP contribution in [0.5, 0.6) is 0 Å². The van der Waals surface area contributed by atoms with Crippen molar-refractivity contribution in [1.29, 1.82) is 0 Å². The van der Waals surface area contributed by atoms with Gasteiger partial charge < -0.3 is 15.9 Å². The molecule has 2 aromatic carbocycles. The molecule has 8 nitrogen and oxygen atoms in total. The molecular formula is C21H19N7O. The standard InChI is InChI=1S/C21H19N7O/c1-2-12-3-5-13(6-4-12)10-28-20-17(19(22)24-11-25-20)18(27-28)14-7-8-16-15(9-14)26-21(23)29-16/h3-9,11H,2,10H2,1H3,(H2,23,26)(H2,22,24,25). The highest BCUT2D eigenvalue weighted by Crippen LogP contribution is 2.32. The van der Waals surface area contributed by atoms with E-state index in [1.807, 2.05) is 22.9 Å². The van der Waals surface area contributed by atoms with E-state index in [0.717, 1.165) is 17.5 Å². The number of aromatic nitrogens is 5. The van der Waals surface area contributed by atoms with Gasteiger partial charge in [-0.05, 0) is 35.7 Å². The summed E-state index contributed by atoms with van der Waals surface area (Å²) in [4.78, 5) is 12.8. The maximum Gasteiger partial charge on any atom is 0.292 e. The number of benzene rings is 2. The summed E-state index contributed by atoms with van der Waals surface area (Å²) < 4.78 is 7.22. The van der Waals surface area contributed by atoms with Gasteiger partial charge in [0, 0.05) is 5.56 Å². The molecule has 5 aromatic rings. The predicted octanol–water partition coefficient (Wildman–Crippen LogP) is 3.41. The Morgan fingerprint density at radius 1 is 1.00 bits per heavy atom. The zero-order valence-corrected chi connectivity index (χ0v) is 15.8. The summed E-state index contributed by atoms with van der Waals surface area (Å²) in [6.07, 6.45) is 2.47. The van der Waals surface area contributed by atoms with Crippen LogP contribution < -0.4 is 11.5 Å². The summed E-state index contributed by atoms with van der Waals surface area (Å²) in [7, 11) is 0. The summed E-state index contributed by atoms with van der Waals surface area (Å²) in [5.74, 6) is 0.386. The summed E-state index contributed by atoms with van der Waals surface area (Å²) in [5.41, 5.74) is 17.8. The average molecular weight is 385 g/mol. The highest BCUT2D eigenvalue weighted by atomic mass is 16.4. The largest absolute Gasteiger partial charge is 0.424 e. The molecule has 0 fully saturated rings. The fourth-order valence-corrected chi connectivity index (χ4v) is 3.49. The number of rotatable bonds is 4. The van der Waals surface area contributed by atoms with E-state index in [-0.39, 0.29) is 6.01 Å². The molecule has 0 atom stereocenters. The molecule has 0 aliphatic heterocycles. The van der Waals surface area contributed by atoms with Gasteiger partial charge in [0.2, 0.25) is 0 Å². The van der Waals surface area contributed by atoms with Crippen molar-refractivity contribution in [3.63, 3.8) is 0 Å². The van der Waals surface area contributed by atoms with Gasteiger partial charge in [0.05, 0.1) is 11.9 Å². The smallest absolute Gasteiger partial charge is 0.292 e. The second-order valence-corrected chi connectivity index (χ2v) is 6.87. The van der Waals surface area contributed by atoms with E-state index >= 15 is 0 Å². The van der Waals surface area contributed by atoms with E-state index < -0.39 is 0 Å². The quantitative estimate of drug-likeness (QED) is 0.486. The molecule has 8 heteroatoms. The van der Waals surface area contributed by atoms with Crippen molar-refractivity contribution in [3.05, 3.63) is 59.9 Å². The van der Waals surface area contributed by atoms with Gasteiger partial charge in [-0.3, -0.25) is 0 Å². The molecule has 0 saturated carbocycles. The lowest BCUT2D eigenvalue weighted by Gasteiger charge is -2.04. The Hall–Kier alpha value is -3.94. The second kappa shape index (κ2) is 6.59. The Morgan fingerprint density at radius 3 is 2.59 bits per heavy atom. The fourth-order valence-electron chi connectivity index (χ4n) is 3.49. The molecular weight excluding hydrogens is 366 g/mol. The van der Waals surface area contributed by atoms with Crippen LogP contribution in [0.3, 0.4) is 0 Å². The van der Waals surface area contributed by atoms with Crippen molar-refractivity contribution >= 4 is 34.0 Å². The molecule has 5 rings (SSSR count). The maximum absolute atomic E-state index is 6.20. The number of oxazole rings is 1. The molecule has 0 saturated heterocycles. The molecule has 144 valence electrons. The van der Waals surface area contributed by atoms with Crippen LogP contribution in [0.1, 0.15) is 18.1 Å². The minimum atomic E-state index is 0.130. The normalized spacial score (nSPS) is 11.5. The predicted molar refractivity (Wildman–Crippen MR) is 112 cm³/mol. The third-order valence-electron chi connectivity index (χ3n) is 5.00. The third kappa shape index (κ3) is 2.94. The van der Waals surface area contributed by atoms with Gasteiger partial charge in [-0.25, -0.2) is 14.6 Å². The number of anilines is 2. The first kappa shape index (κ1) is 17.2. The molecule has 3 heterocycles. The number of aryl methyl sites for hydroxylation is 1. The topological polar surface area (TPSA) is 122 Å². The number of nitrogen functional groups attached to an aromatic ring is 2. The van der Waals surface area contributed by atoms with Crippen LogP contribution >= 0.6 is 0 Å². The number of hydrogen-bond acceptors (Lipinski definition) is 7. The molecule has 0 unspecified atom stereocenters. The lowest BCUT2D eigenvalue weighted by Crippen LogP contribution is -2.03. The van der Waals surface area contributed by atoms with Gasteiger partial charge in [0.1, 0.15) is 23.4 Å². The van der Waals surface area contributed by atoms with Crippen molar-refractivity contribution in [2.45, 2.75) is 19.9 Å². The number of hydrogen-bond donors (Lipinski definition) is 2. The first-order valence-electron chi connectivity index (χ1n) is 9.33. The molecule has 0 amide bonds. The summed E-state index contributed by atoms with van der Waals surface area (Å²) in [5, 5.41) is 5.53. The Kier molecular flexibility index (Phi) is 3.90. The van der Waals surface area contributed by atoms with E-state index in [1.54, 1.807) is 0 Å². The van der Waals surface area contributed by atoms with E-state index in [0.29, 0.717) is 40.2 Å². The first-order valence-corrected chi connectivity index (χ1v) is 9.33. The van der Waals surface area contributed by atoms with Crippen molar-refractivity contribution in [2.75, 3.05) is 11.5 Å². The molecule has 3 aromatic heterocycles. The first-order chi connectivity index (χ1) is 14.1. The van der Waals surface area contributed by atoms with Crippen LogP contribution in [0.25, 0.3) is 33.4 Å². The number of fused-ring (bicyclic) bond motifs is 2. The third-order valence-corrected chi connectivity index (χ3v) is 5.00. The highest BCUT2D eigenvalue weighted by molar-refractivity contribution is 5.99. The van der Waals surface area contributed by atoms with Gasteiger partial charge in [0.15, 0.2) is 11.2 Å². The van der Waals surface area contributed by atoms with Crippen molar-refractivity contribution in [3.8, 4) is 11.3 Å². The molecule has 29 heavy (non-hydrogen) atoms. The Morgan fingerprint density at radius 2 is 1.79 bits per heavy atom. The second-order valence-electron chi connectivity index (χ2n) is 6.87. The molecule has 4 N–H and O–H groups in total. The van der Waals surface area contributed by atoms with Crippen molar-refractivity contribution < 1.29 is 4.42 Å². The molecule has 0 radical (unpaired) electrons. The lowest BCUT2D eigenvalue weighted by atomic mass is 10.1. The highest BCUT2D eigenvalue weighted by Gasteiger charge is 2.18. The van der Waals surface area contributed by atoms with Crippen molar-refractivity contribution in [1.82, 2.24) is 24.7 Å². The molecule has 0 aliphatic carbocycles. The van der Waals surface area contributed by atoms with Crippen LogP contribution in [0, 0.1) is 0 Å². The summed E-state index contributed by atoms with van der Waals surface area (Å²) >= 11 is 0. The van der Waals surface area contributed by atoms with Gasteiger partial charge in [0.25, 0.3) is 6.01 Å². The van der Waals surface area contributed by atoms with Crippen LogP contribution in [-0.2, 0) is 13.0 Å². The minimum Gasteiger partial charge on any atom is -0.424 e. The monoisotopic (exact) mass is 385 g/mol. The summed E-state index contributed by atoms with van der Waals surface area (Å²) in [6, 6.07) is 14.2. The van der Waals surface area contributed by atoms with E-state index in [1.165, 1.54) is 11.9 Å². The lowest BCUT2D eigenvalue weighted by molar-refractivity contribution is 0.626. The minimum absolute atomic E-state index is 0.130.